The average molecular weight is 567 g/mol. The molecule has 44 heavy (non-hydrogen) atoms. The molecule has 0 fully saturated rings. The van der Waals surface area contributed by atoms with Gasteiger partial charge in [0, 0.05) is 33.6 Å². The molecule has 0 saturated carbocycles. The van der Waals surface area contributed by atoms with Crippen molar-refractivity contribution in [2.75, 3.05) is 0 Å². The van der Waals surface area contributed by atoms with Crippen LogP contribution in [0, 0.1) is 13.8 Å². The van der Waals surface area contributed by atoms with Gasteiger partial charge in [-0.05, 0) is 47.7 Å². The molecule has 0 unspecified atom stereocenters. The Balaban J connectivity index is 1.28. The van der Waals surface area contributed by atoms with Crippen LogP contribution < -0.4 is 0 Å². The molecule has 0 amide bonds. The van der Waals surface area contributed by atoms with Crippen LogP contribution in [0.25, 0.3) is 67.5 Å². The molecule has 0 atom stereocenters. The van der Waals surface area contributed by atoms with Gasteiger partial charge in [0.1, 0.15) is 0 Å². The van der Waals surface area contributed by atoms with E-state index < -0.39 is 0 Å². The molecule has 4 nitrogen and oxygen atoms in total. The number of hydrogen-bond acceptors (Lipinski definition) is 4. The minimum Gasteiger partial charge on any atom is -0.258 e. The lowest BCUT2D eigenvalue weighted by Gasteiger charge is -2.11. The van der Waals surface area contributed by atoms with Crippen LogP contribution in [0.15, 0.2) is 146 Å². The van der Waals surface area contributed by atoms with Crippen LogP contribution in [-0.2, 0) is 0 Å². The lowest BCUT2D eigenvalue weighted by Crippen LogP contribution is -2.00. The molecule has 7 rings (SSSR count). The van der Waals surface area contributed by atoms with Gasteiger partial charge in [0.15, 0.2) is 17.5 Å². The van der Waals surface area contributed by atoms with Crippen molar-refractivity contribution in [3.05, 3.63) is 157 Å². The fourth-order valence-corrected chi connectivity index (χ4v) is 5.44. The molecule has 0 N–H and O–H groups in total. The molecule has 2 heterocycles. The SMILES string of the molecule is Cc1ccc(-c2ccc(-c3nc(-c4ccc(-c5ccccc5)cc4)nc(-c4ccc(-c5ccccc5)cc4)n3)cc2)c(C)n1. The predicted octanol–water partition coefficient (Wildman–Crippen LogP) is 9.89. The Kier molecular flexibility index (Phi) is 7.31. The fraction of sp³-hybridized carbons (Fsp3) is 0.0500. The van der Waals surface area contributed by atoms with E-state index in [4.69, 9.17) is 15.0 Å². The summed E-state index contributed by atoms with van der Waals surface area (Å²) in [4.78, 5) is 19.5. The monoisotopic (exact) mass is 566 g/mol. The first kappa shape index (κ1) is 27.1. The largest absolute Gasteiger partial charge is 0.258 e. The number of hydrogen-bond donors (Lipinski definition) is 0. The Hall–Kier alpha value is -5.74. The van der Waals surface area contributed by atoms with Gasteiger partial charge in [-0.3, -0.25) is 4.98 Å². The van der Waals surface area contributed by atoms with Crippen LogP contribution in [0.5, 0.6) is 0 Å². The molecule has 4 heteroatoms. The Bertz CT molecular complexity index is 1930. The smallest absolute Gasteiger partial charge is 0.164 e. The summed E-state index contributed by atoms with van der Waals surface area (Å²) in [7, 11) is 0. The van der Waals surface area contributed by atoms with Gasteiger partial charge in [0.05, 0.1) is 0 Å². The molecule has 0 saturated heterocycles. The molecule has 7 aromatic rings. The first-order valence-electron chi connectivity index (χ1n) is 14.7. The Morgan fingerprint density at radius 3 is 1.02 bits per heavy atom. The summed E-state index contributed by atoms with van der Waals surface area (Å²) in [6.45, 7) is 4.06. The molecule has 0 bridgehead atoms. The highest BCUT2D eigenvalue weighted by Crippen LogP contribution is 2.30. The third kappa shape index (κ3) is 5.66. The molecule has 0 aliphatic carbocycles. The van der Waals surface area contributed by atoms with E-state index in [0.29, 0.717) is 17.5 Å². The van der Waals surface area contributed by atoms with Crippen molar-refractivity contribution in [2.45, 2.75) is 13.8 Å². The van der Waals surface area contributed by atoms with Gasteiger partial charge >= 0.3 is 0 Å². The lowest BCUT2D eigenvalue weighted by atomic mass is 10.0. The summed E-state index contributed by atoms with van der Waals surface area (Å²) >= 11 is 0. The van der Waals surface area contributed by atoms with Crippen LogP contribution in [0.2, 0.25) is 0 Å². The molecular weight excluding hydrogens is 536 g/mol. The van der Waals surface area contributed by atoms with Crippen LogP contribution in [0.4, 0.5) is 0 Å². The number of aryl methyl sites for hydroxylation is 2. The molecule has 210 valence electrons. The quantitative estimate of drug-likeness (QED) is 0.201. The number of benzene rings is 5. The van der Waals surface area contributed by atoms with Gasteiger partial charge in [0.2, 0.25) is 0 Å². The molecule has 0 radical (unpaired) electrons. The van der Waals surface area contributed by atoms with Crippen molar-refractivity contribution in [3.8, 4) is 67.5 Å². The van der Waals surface area contributed by atoms with Gasteiger partial charge in [-0.2, -0.15) is 0 Å². The second-order valence-electron chi connectivity index (χ2n) is 10.9. The van der Waals surface area contributed by atoms with Gasteiger partial charge in [-0.15, -0.1) is 0 Å². The van der Waals surface area contributed by atoms with E-state index >= 15 is 0 Å². The molecule has 0 aliphatic rings. The van der Waals surface area contributed by atoms with Gasteiger partial charge < -0.3 is 0 Å². The van der Waals surface area contributed by atoms with Crippen molar-refractivity contribution in [1.82, 2.24) is 19.9 Å². The van der Waals surface area contributed by atoms with Crippen LogP contribution in [0.1, 0.15) is 11.4 Å². The van der Waals surface area contributed by atoms with Gasteiger partial charge in [-0.25, -0.2) is 15.0 Å². The molecular formula is C40H30N4. The highest BCUT2D eigenvalue weighted by molar-refractivity contribution is 5.74. The zero-order valence-corrected chi connectivity index (χ0v) is 24.6. The fourth-order valence-electron chi connectivity index (χ4n) is 5.44. The highest BCUT2D eigenvalue weighted by Gasteiger charge is 2.14. The highest BCUT2D eigenvalue weighted by atomic mass is 15.0. The van der Waals surface area contributed by atoms with Crippen LogP contribution >= 0.6 is 0 Å². The third-order valence-electron chi connectivity index (χ3n) is 7.82. The Morgan fingerprint density at radius 2 is 0.636 bits per heavy atom. The van der Waals surface area contributed by atoms with Gasteiger partial charge in [-0.1, -0.05) is 140 Å². The predicted molar refractivity (Wildman–Crippen MR) is 180 cm³/mol. The third-order valence-corrected chi connectivity index (χ3v) is 7.82. The minimum absolute atomic E-state index is 0.634. The van der Waals surface area contributed by atoms with Crippen molar-refractivity contribution < 1.29 is 0 Å². The zero-order chi connectivity index (χ0) is 29.9. The Morgan fingerprint density at radius 1 is 0.295 bits per heavy atom. The van der Waals surface area contributed by atoms with Crippen LogP contribution in [0.3, 0.4) is 0 Å². The first-order chi connectivity index (χ1) is 21.6. The summed E-state index contributed by atoms with van der Waals surface area (Å²) in [5, 5.41) is 0. The van der Waals surface area contributed by atoms with Crippen molar-refractivity contribution in [3.63, 3.8) is 0 Å². The standard InChI is InChI=1S/C40H30N4/c1-27-13-26-37(28(2)41-27)33-18-24-36(25-19-33)40-43-38(34-20-14-31(15-21-34)29-9-5-3-6-10-29)42-39(44-40)35-22-16-32(17-23-35)30-11-7-4-8-12-30/h3-26H,1-2H3. The van der Waals surface area contributed by atoms with Crippen molar-refractivity contribution in [1.29, 1.82) is 0 Å². The zero-order valence-electron chi connectivity index (χ0n) is 24.6. The average Bonchev–Trinajstić information content (AvgIpc) is 3.09. The number of pyridine rings is 1. The second-order valence-corrected chi connectivity index (χ2v) is 10.9. The van der Waals surface area contributed by atoms with E-state index in [-0.39, 0.29) is 0 Å². The normalized spacial score (nSPS) is 11.0. The maximum absolute atomic E-state index is 4.96. The molecule has 0 spiro atoms. The Labute approximate surface area is 257 Å². The van der Waals surface area contributed by atoms with E-state index in [1.165, 1.54) is 11.1 Å². The first-order valence-corrected chi connectivity index (χ1v) is 14.7. The van der Waals surface area contributed by atoms with E-state index in [2.05, 4.69) is 132 Å². The van der Waals surface area contributed by atoms with Crippen molar-refractivity contribution >= 4 is 0 Å². The lowest BCUT2D eigenvalue weighted by molar-refractivity contribution is 1.07. The van der Waals surface area contributed by atoms with E-state index in [9.17, 15) is 0 Å². The van der Waals surface area contributed by atoms with E-state index in [1.54, 1.807) is 0 Å². The summed E-state index contributed by atoms with van der Waals surface area (Å²) < 4.78 is 0. The molecule has 2 aromatic heterocycles. The molecule has 0 aliphatic heterocycles. The van der Waals surface area contributed by atoms with Crippen LogP contribution in [-0.4, -0.2) is 19.9 Å². The molecule has 5 aromatic carbocycles. The summed E-state index contributed by atoms with van der Waals surface area (Å²) in [5.41, 5.74) is 11.7. The minimum atomic E-state index is 0.634. The number of nitrogens with zero attached hydrogens (tertiary/aromatic N) is 4. The van der Waals surface area contributed by atoms with E-state index in [0.717, 1.165) is 50.3 Å². The number of rotatable bonds is 6. The summed E-state index contributed by atoms with van der Waals surface area (Å²) in [6.07, 6.45) is 0. The second kappa shape index (κ2) is 11.9. The topological polar surface area (TPSA) is 51.6 Å². The van der Waals surface area contributed by atoms with Crippen molar-refractivity contribution in [2.24, 2.45) is 0 Å². The number of aromatic nitrogens is 4. The summed E-state index contributed by atoms with van der Waals surface area (Å²) in [5.74, 6) is 1.91. The summed E-state index contributed by atoms with van der Waals surface area (Å²) in [6, 6.07) is 50.1. The maximum Gasteiger partial charge on any atom is 0.164 e. The van der Waals surface area contributed by atoms with E-state index in [1.807, 2.05) is 32.0 Å². The van der Waals surface area contributed by atoms with Gasteiger partial charge in [0.25, 0.3) is 0 Å². The maximum atomic E-state index is 4.96.